The summed E-state index contributed by atoms with van der Waals surface area (Å²) >= 11 is 0. The van der Waals surface area contributed by atoms with Gasteiger partial charge in [0.2, 0.25) is 0 Å². The van der Waals surface area contributed by atoms with Gasteiger partial charge in [-0.15, -0.1) is 0 Å². The Bertz CT molecular complexity index is 2960. The van der Waals surface area contributed by atoms with E-state index in [1.54, 1.807) is 0 Å². The molecular formula is C53H47N5. The molecule has 2 aliphatic rings. The van der Waals surface area contributed by atoms with Crippen LogP contribution in [0.2, 0.25) is 0 Å². The molecule has 1 aliphatic heterocycles. The van der Waals surface area contributed by atoms with E-state index in [2.05, 4.69) is 205 Å². The van der Waals surface area contributed by atoms with Crippen molar-refractivity contribution in [3.8, 4) is 11.1 Å². The molecule has 58 heavy (non-hydrogen) atoms. The molecule has 7 aromatic carbocycles. The van der Waals surface area contributed by atoms with Crippen molar-refractivity contribution in [2.45, 2.75) is 32.6 Å². The van der Waals surface area contributed by atoms with Crippen LogP contribution < -0.4 is 20.9 Å². The number of nitrogens with one attached hydrogen (secondary N) is 2. The summed E-state index contributed by atoms with van der Waals surface area (Å²) in [4.78, 5) is 8.35. The second kappa shape index (κ2) is 14.2. The summed E-state index contributed by atoms with van der Waals surface area (Å²) in [5, 5.41) is 9.30. The van der Waals surface area contributed by atoms with Gasteiger partial charge in [-0.1, -0.05) is 106 Å². The lowest BCUT2D eigenvalue weighted by molar-refractivity contribution is 0.661. The predicted octanol–water partition coefficient (Wildman–Crippen LogP) is 13.9. The maximum Gasteiger partial charge on any atom is 0.0620 e. The van der Waals surface area contributed by atoms with Crippen molar-refractivity contribution in [3.63, 3.8) is 0 Å². The number of para-hydroxylation sites is 1. The third kappa shape index (κ3) is 5.85. The summed E-state index contributed by atoms with van der Waals surface area (Å²) in [7, 11) is 0. The molecule has 0 amide bonds. The van der Waals surface area contributed by atoms with E-state index in [9.17, 15) is 0 Å². The van der Waals surface area contributed by atoms with Crippen LogP contribution in [0.5, 0.6) is 0 Å². The average Bonchev–Trinajstić information content (AvgIpc) is 3.81. The van der Waals surface area contributed by atoms with E-state index in [0.717, 1.165) is 74.5 Å². The maximum atomic E-state index is 6.83. The highest BCUT2D eigenvalue weighted by Crippen LogP contribution is 2.55. The van der Waals surface area contributed by atoms with E-state index < -0.39 is 0 Å². The fourth-order valence-corrected chi connectivity index (χ4v) is 9.25. The minimum absolute atomic E-state index is 0.193. The molecule has 5 heteroatoms. The van der Waals surface area contributed by atoms with Crippen molar-refractivity contribution in [1.29, 1.82) is 0 Å². The number of benzene rings is 7. The van der Waals surface area contributed by atoms with Crippen molar-refractivity contribution < 1.29 is 0 Å². The minimum atomic E-state index is -0.193. The molecule has 0 saturated carbocycles. The molecule has 0 unspecified atom stereocenters. The molecule has 0 fully saturated rings. The highest BCUT2D eigenvalue weighted by Gasteiger charge is 2.37. The van der Waals surface area contributed by atoms with E-state index in [-0.39, 0.29) is 5.41 Å². The third-order valence-corrected chi connectivity index (χ3v) is 12.1. The summed E-state index contributed by atoms with van der Waals surface area (Å²) in [5.74, 6) is 0. The van der Waals surface area contributed by atoms with Crippen LogP contribution in [0.4, 0.5) is 39.8 Å². The zero-order valence-corrected chi connectivity index (χ0v) is 33.3. The maximum absolute atomic E-state index is 6.83. The second-order valence-corrected chi connectivity index (χ2v) is 16.0. The van der Waals surface area contributed by atoms with Crippen LogP contribution in [0, 0.1) is 0 Å². The normalized spacial score (nSPS) is 14.0. The number of anilines is 7. The number of nitrogen functional groups attached to an aromatic ring is 1. The van der Waals surface area contributed by atoms with Crippen molar-refractivity contribution in [3.05, 3.63) is 181 Å². The van der Waals surface area contributed by atoms with Crippen molar-refractivity contribution in [1.82, 2.24) is 4.98 Å². The Labute approximate surface area is 340 Å². The largest absolute Gasteiger partial charge is 0.399 e. The molecular weight excluding hydrogens is 707 g/mol. The Morgan fingerprint density at radius 1 is 0.672 bits per heavy atom. The number of hydrogen-bond donors (Lipinski definition) is 3. The van der Waals surface area contributed by atoms with Crippen LogP contribution in [0.25, 0.3) is 49.7 Å². The van der Waals surface area contributed by atoms with Gasteiger partial charge in [0, 0.05) is 85.6 Å². The fraction of sp³-hybridized carbons (Fsp3) is 0.132. The first kappa shape index (κ1) is 35.4. The second-order valence-electron chi connectivity index (χ2n) is 16.0. The van der Waals surface area contributed by atoms with Gasteiger partial charge < -0.3 is 25.8 Å². The van der Waals surface area contributed by atoms with Crippen molar-refractivity contribution >= 4 is 78.3 Å². The highest BCUT2D eigenvalue weighted by atomic mass is 15.2. The summed E-state index contributed by atoms with van der Waals surface area (Å²) in [5.41, 5.74) is 21.6. The summed E-state index contributed by atoms with van der Waals surface area (Å²) in [6, 6.07) is 46.9. The Morgan fingerprint density at radius 3 is 2.34 bits per heavy atom. The molecule has 2 heterocycles. The third-order valence-electron chi connectivity index (χ3n) is 12.1. The molecule has 0 saturated heterocycles. The smallest absolute Gasteiger partial charge is 0.0620 e. The number of nitrogens with two attached hydrogens (primary N) is 1. The SMILES string of the molecule is CC/C=C\C=C/CN(c1ccc2c(c1)C=CCN2)c1c2cc(N)ccc2c(N(c2ccccc2)c2ccc3[nH]ccc3c2)c2cc3c(cc12)-c1ccccc1C3(C)C. The summed E-state index contributed by atoms with van der Waals surface area (Å²) in [6.07, 6.45) is 16.2. The van der Waals surface area contributed by atoms with Crippen LogP contribution in [0.15, 0.2) is 164 Å². The van der Waals surface area contributed by atoms with E-state index >= 15 is 0 Å². The Hall–Kier alpha value is -6.98. The zero-order chi connectivity index (χ0) is 39.4. The lowest BCUT2D eigenvalue weighted by Crippen LogP contribution is -2.20. The van der Waals surface area contributed by atoms with Gasteiger partial charge in [-0.25, -0.2) is 0 Å². The van der Waals surface area contributed by atoms with Crippen LogP contribution in [0.1, 0.15) is 43.9 Å². The van der Waals surface area contributed by atoms with Gasteiger partial charge in [-0.05, 0) is 113 Å². The number of rotatable bonds is 9. The first-order valence-corrected chi connectivity index (χ1v) is 20.4. The van der Waals surface area contributed by atoms with Gasteiger partial charge in [-0.3, -0.25) is 0 Å². The van der Waals surface area contributed by atoms with Crippen LogP contribution in [-0.2, 0) is 5.41 Å². The van der Waals surface area contributed by atoms with E-state index in [0.29, 0.717) is 6.54 Å². The summed E-state index contributed by atoms with van der Waals surface area (Å²) in [6.45, 7) is 8.40. The average molecular weight is 754 g/mol. The molecule has 0 atom stereocenters. The van der Waals surface area contributed by atoms with Gasteiger partial charge in [0.1, 0.15) is 0 Å². The molecule has 0 bridgehead atoms. The molecule has 1 aromatic heterocycles. The van der Waals surface area contributed by atoms with Gasteiger partial charge in [0.25, 0.3) is 0 Å². The fourth-order valence-electron chi connectivity index (χ4n) is 9.25. The van der Waals surface area contributed by atoms with E-state index in [4.69, 9.17) is 5.73 Å². The predicted molar refractivity (Wildman–Crippen MR) is 250 cm³/mol. The van der Waals surface area contributed by atoms with Crippen LogP contribution in [-0.4, -0.2) is 18.1 Å². The number of aromatic nitrogens is 1. The first-order chi connectivity index (χ1) is 28.4. The van der Waals surface area contributed by atoms with E-state index in [1.165, 1.54) is 38.6 Å². The topological polar surface area (TPSA) is 60.3 Å². The molecule has 1 aliphatic carbocycles. The molecule has 5 nitrogen and oxygen atoms in total. The quantitative estimate of drug-likeness (QED) is 0.0594. The standard InChI is InChI=1S/C53H47N5/c1-4-5-6-7-13-29-57(39-21-24-49-35(30-39)15-14-27-55-49)51-44-32-37(54)20-23-42(44)52(46-34-48-43(33-45(46)51)41-18-11-12-19-47(41)53(48,2)3)58(38-16-9-8-10-17-38)40-22-25-50-36(31-40)26-28-56-50/h5-26,28,30-34,55-56H,4,27,29,54H2,1-3H3/b6-5-,13-7-. The highest BCUT2D eigenvalue weighted by molar-refractivity contribution is 6.24. The number of H-pyrrole nitrogens is 1. The number of allylic oxidation sites excluding steroid dienone is 3. The van der Waals surface area contributed by atoms with Crippen molar-refractivity contribution in [2.75, 3.05) is 33.9 Å². The minimum Gasteiger partial charge on any atom is -0.399 e. The molecule has 10 rings (SSSR count). The summed E-state index contributed by atoms with van der Waals surface area (Å²) < 4.78 is 0. The number of fused-ring (bicyclic) bond motifs is 7. The molecule has 8 aromatic rings. The van der Waals surface area contributed by atoms with Crippen LogP contribution in [0.3, 0.4) is 0 Å². The number of nitrogens with zero attached hydrogens (tertiary/aromatic N) is 2. The Kier molecular flexibility index (Phi) is 8.67. The number of aromatic amines is 1. The van der Waals surface area contributed by atoms with Gasteiger partial charge >= 0.3 is 0 Å². The molecule has 0 radical (unpaired) electrons. The molecule has 4 N–H and O–H groups in total. The molecule has 284 valence electrons. The van der Waals surface area contributed by atoms with E-state index in [1.807, 2.05) is 6.20 Å². The van der Waals surface area contributed by atoms with Gasteiger partial charge in [0.15, 0.2) is 0 Å². The first-order valence-electron chi connectivity index (χ1n) is 20.4. The lowest BCUT2D eigenvalue weighted by atomic mass is 9.81. The number of hydrogen-bond acceptors (Lipinski definition) is 4. The van der Waals surface area contributed by atoms with Gasteiger partial charge in [0.05, 0.1) is 11.4 Å². The lowest BCUT2D eigenvalue weighted by Gasteiger charge is -2.33. The monoisotopic (exact) mass is 753 g/mol. The van der Waals surface area contributed by atoms with Crippen LogP contribution >= 0.6 is 0 Å². The van der Waals surface area contributed by atoms with Crippen molar-refractivity contribution in [2.24, 2.45) is 0 Å². The molecule has 0 spiro atoms. The zero-order valence-electron chi connectivity index (χ0n) is 33.3. The Morgan fingerprint density at radius 2 is 1.47 bits per heavy atom. The van der Waals surface area contributed by atoms with Gasteiger partial charge in [-0.2, -0.15) is 0 Å². The Balaban J connectivity index is 1.35.